The minimum absolute atomic E-state index is 0.743. The average Bonchev–Trinajstić information content (AvgIpc) is 2.90. The van der Waals surface area contributed by atoms with E-state index in [9.17, 15) is 0 Å². The van der Waals surface area contributed by atoms with Gasteiger partial charge in [0.15, 0.2) is 0 Å². The third kappa shape index (κ3) is 1.96. The van der Waals surface area contributed by atoms with Crippen LogP contribution >= 0.6 is 0 Å². The van der Waals surface area contributed by atoms with E-state index in [2.05, 4.69) is 5.92 Å². The van der Waals surface area contributed by atoms with Crippen LogP contribution in [0.1, 0.15) is 5.56 Å². The second-order valence-electron chi connectivity index (χ2n) is 4.20. The number of hydrogen-bond acceptors (Lipinski definition) is 2. The molecule has 0 bridgehead atoms. The molecule has 0 atom stereocenters. The van der Waals surface area contributed by atoms with Crippen LogP contribution in [0.25, 0.3) is 22.3 Å². The molecule has 0 aliphatic rings. The summed E-state index contributed by atoms with van der Waals surface area (Å²) in [6.07, 6.45) is 5.56. The number of fused-ring (bicyclic) bond motifs is 1. The number of furan rings is 1. The van der Waals surface area contributed by atoms with Crippen LogP contribution in [-0.4, -0.2) is 7.11 Å². The minimum Gasteiger partial charge on any atom is -0.497 e. The van der Waals surface area contributed by atoms with Crippen molar-refractivity contribution in [1.82, 2.24) is 0 Å². The van der Waals surface area contributed by atoms with Gasteiger partial charge in [0.25, 0.3) is 0 Å². The van der Waals surface area contributed by atoms with Crippen LogP contribution < -0.4 is 4.74 Å². The van der Waals surface area contributed by atoms with E-state index < -0.39 is 0 Å². The maximum atomic E-state index is 5.83. The van der Waals surface area contributed by atoms with E-state index in [-0.39, 0.29) is 0 Å². The summed E-state index contributed by atoms with van der Waals surface area (Å²) in [6, 6.07) is 15.5. The largest absolute Gasteiger partial charge is 0.497 e. The molecule has 0 radical (unpaired) electrons. The summed E-state index contributed by atoms with van der Waals surface area (Å²) in [5.74, 6) is 4.19. The number of hydrogen-bond donors (Lipinski definition) is 0. The topological polar surface area (TPSA) is 22.4 Å². The number of terminal acetylenes is 1. The minimum atomic E-state index is 0.743. The van der Waals surface area contributed by atoms with Crippen LogP contribution in [0.15, 0.2) is 52.9 Å². The van der Waals surface area contributed by atoms with Gasteiger partial charge in [-0.3, -0.25) is 0 Å². The van der Waals surface area contributed by atoms with Crippen LogP contribution in [0.3, 0.4) is 0 Å². The molecule has 0 saturated heterocycles. The Hall–Kier alpha value is -2.66. The van der Waals surface area contributed by atoms with Crippen LogP contribution in [0.2, 0.25) is 0 Å². The van der Waals surface area contributed by atoms with Crippen LogP contribution in [-0.2, 0) is 0 Å². The van der Waals surface area contributed by atoms with Gasteiger partial charge in [0, 0.05) is 16.5 Å². The fraction of sp³-hybridized carbons (Fsp3) is 0.0588. The van der Waals surface area contributed by atoms with Crippen molar-refractivity contribution in [3.8, 4) is 29.4 Å². The Balaban J connectivity index is 2.18. The van der Waals surface area contributed by atoms with Crippen molar-refractivity contribution in [2.75, 3.05) is 7.11 Å². The van der Waals surface area contributed by atoms with Gasteiger partial charge in [0.1, 0.15) is 17.1 Å². The van der Waals surface area contributed by atoms with Gasteiger partial charge < -0.3 is 9.15 Å². The lowest BCUT2D eigenvalue weighted by Gasteiger charge is -2.04. The standard InChI is InChI=1S/C17H12O2/c1-3-12-10-14(18-2)8-9-15(12)17-11-13-6-4-5-7-16(13)19-17/h1,4-11H,2H3. The van der Waals surface area contributed by atoms with Crippen molar-refractivity contribution in [3.63, 3.8) is 0 Å². The van der Waals surface area contributed by atoms with Gasteiger partial charge in [0.2, 0.25) is 0 Å². The maximum Gasteiger partial charge on any atom is 0.136 e. The highest BCUT2D eigenvalue weighted by Crippen LogP contribution is 2.31. The Morgan fingerprint density at radius 1 is 1.11 bits per heavy atom. The molecule has 0 spiro atoms. The normalized spacial score (nSPS) is 10.3. The molecule has 0 amide bonds. The van der Waals surface area contributed by atoms with Gasteiger partial charge in [-0.2, -0.15) is 0 Å². The van der Waals surface area contributed by atoms with Crippen molar-refractivity contribution < 1.29 is 9.15 Å². The average molecular weight is 248 g/mol. The Morgan fingerprint density at radius 2 is 1.95 bits per heavy atom. The van der Waals surface area contributed by atoms with Crippen LogP contribution in [0, 0.1) is 12.3 Å². The Morgan fingerprint density at radius 3 is 2.68 bits per heavy atom. The fourth-order valence-corrected chi connectivity index (χ4v) is 2.10. The first-order valence-corrected chi connectivity index (χ1v) is 5.95. The molecule has 0 fully saturated rings. The molecule has 0 N–H and O–H groups in total. The highest BCUT2D eigenvalue weighted by atomic mass is 16.5. The van der Waals surface area contributed by atoms with Gasteiger partial charge in [-0.25, -0.2) is 0 Å². The predicted molar refractivity (Wildman–Crippen MR) is 76.1 cm³/mol. The highest BCUT2D eigenvalue weighted by Gasteiger charge is 2.10. The van der Waals surface area contributed by atoms with Crippen molar-refractivity contribution >= 4 is 11.0 Å². The molecular weight excluding hydrogens is 236 g/mol. The first kappa shape index (κ1) is 11.4. The second kappa shape index (κ2) is 4.55. The van der Waals surface area contributed by atoms with E-state index >= 15 is 0 Å². The monoisotopic (exact) mass is 248 g/mol. The summed E-state index contributed by atoms with van der Waals surface area (Å²) in [5, 5.41) is 1.07. The molecular formula is C17H12O2. The van der Waals surface area contributed by atoms with Crippen LogP contribution in [0.4, 0.5) is 0 Å². The molecule has 0 saturated carbocycles. The lowest BCUT2D eigenvalue weighted by atomic mass is 10.1. The summed E-state index contributed by atoms with van der Waals surface area (Å²) < 4.78 is 11.0. The van der Waals surface area contributed by atoms with Gasteiger partial charge in [0.05, 0.1) is 7.11 Å². The zero-order valence-corrected chi connectivity index (χ0v) is 10.5. The third-order valence-corrected chi connectivity index (χ3v) is 3.07. The first-order valence-electron chi connectivity index (χ1n) is 5.95. The van der Waals surface area contributed by atoms with Crippen LogP contribution in [0.5, 0.6) is 5.75 Å². The first-order chi connectivity index (χ1) is 9.31. The summed E-state index contributed by atoms with van der Waals surface area (Å²) >= 11 is 0. The molecule has 2 nitrogen and oxygen atoms in total. The van der Waals surface area contributed by atoms with E-state index in [1.807, 2.05) is 48.5 Å². The summed E-state index contributed by atoms with van der Waals surface area (Å²) in [4.78, 5) is 0. The molecule has 2 aromatic carbocycles. The van der Waals surface area contributed by atoms with Crippen molar-refractivity contribution in [2.24, 2.45) is 0 Å². The van der Waals surface area contributed by atoms with E-state index in [1.54, 1.807) is 7.11 Å². The zero-order chi connectivity index (χ0) is 13.2. The molecule has 3 aromatic rings. The number of methoxy groups -OCH3 is 1. The molecule has 2 heteroatoms. The number of para-hydroxylation sites is 1. The van der Waals surface area contributed by atoms with E-state index in [0.717, 1.165) is 33.6 Å². The summed E-state index contributed by atoms with van der Waals surface area (Å²) in [7, 11) is 1.62. The van der Waals surface area contributed by atoms with E-state index in [1.165, 1.54) is 0 Å². The van der Waals surface area contributed by atoms with Gasteiger partial charge in [-0.1, -0.05) is 24.1 Å². The molecule has 0 unspecified atom stereocenters. The molecule has 0 aliphatic heterocycles. The quantitative estimate of drug-likeness (QED) is 0.637. The van der Waals surface area contributed by atoms with Gasteiger partial charge in [-0.15, -0.1) is 6.42 Å². The zero-order valence-electron chi connectivity index (χ0n) is 10.5. The molecule has 1 heterocycles. The van der Waals surface area contributed by atoms with E-state index in [4.69, 9.17) is 15.6 Å². The SMILES string of the molecule is C#Cc1cc(OC)ccc1-c1cc2ccccc2o1. The number of ether oxygens (including phenoxy) is 1. The predicted octanol–water partition coefficient (Wildman–Crippen LogP) is 4.09. The second-order valence-corrected chi connectivity index (χ2v) is 4.20. The van der Waals surface area contributed by atoms with Crippen molar-refractivity contribution in [2.45, 2.75) is 0 Å². The molecule has 19 heavy (non-hydrogen) atoms. The smallest absolute Gasteiger partial charge is 0.136 e. The van der Waals surface area contributed by atoms with Gasteiger partial charge >= 0.3 is 0 Å². The lowest BCUT2D eigenvalue weighted by molar-refractivity contribution is 0.414. The summed E-state index contributed by atoms with van der Waals surface area (Å²) in [5.41, 5.74) is 2.52. The summed E-state index contributed by atoms with van der Waals surface area (Å²) in [6.45, 7) is 0. The molecule has 0 aliphatic carbocycles. The molecule has 92 valence electrons. The van der Waals surface area contributed by atoms with Gasteiger partial charge in [-0.05, 0) is 30.3 Å². The van der Waals surface area contributed by atoms with E-state index in [0.29, 0.717) is 0 Å². The van der Waals surface area contributed by atoms with Crippen molar-refractivity contribution in [3.05, 3.63) is 54.1 Å². The number of benzene rings is 2. The lowest BCUT2D eigenvalue weighted by Crippen LogP contribution is -1.87. The Kier molecular flexibility index (Phi) is 2.74. The Bertz CT molecular complexity index is 742. The molecule has 1 aromatic heterocycles. The molecule has 3 rings (SSSR count). The maximum absolute atomic E-state index is 5.83. The third-order valence-electron chi connectivity index (χ3n) is 3.07. The highest BCUT2D eigenvalue weighted by molar-refractivity contribution is 5.84. The number of rotatable bonds is 2. The fourth-order valence-electron chi connectivity index (χ4n) is 2.10. The Labute approximate surface area is 111 Å². The van der Waals surface area contributed by atoms with Crippen molar-refractivity contribution in [1.29, 1.82) is 0 Å².